The highest BCUT2D eigenvalue weighted by Gasteiger charge is 2.23. The molecule has 1 amide bonds. The van der Waals surface area contributed by atoms with Crippen molar-refractivity contribution in [3.8, 4) is 0 Å². The maximum absolute atomic E-state index is 12.8. The summed E-state index contributed by atoms with van der Waals surface area (Å²) >= 11 is 1.74. The summed E-state index contributed by atoms with van der Waals surface area (Å²) in [6.07, 6.45) is 0.112. The van der Waals surface area contributed by atoms with Crippen LogP contribution in [0.3, 0.4) is 0 Å². The van der Waals surface area contributed by atoms with E-state index in [0.29, 0.717) is 18.7 Å². The van der Waals surface area contributed by atoms with Crippen LogP contribution in [0.1, 0.15) is 5.56 Å². The van der Waals surface area contributed by atoms with Crippen molar-refractivity contribution in [2.24, 2.45) is 0 Å². The van der Waals surface area contributed by atoms with Crippen LogP contribution in [0.4, 0.5) is 4.39 Å². The molecule has 0 saturated carbocycles. The number of rotatable bonds is 6. The third-order valence-electron chi connectivity index (χ3n) is 3.32. The van der Waals surface area contributed by atoms with E-state index in [9.17, 15) is 17.6 Å². The first-order chi connectivity index (χ1) is 10.5. The van der Waals surface area contributed by atoms with Crippen LogP contribution in [-0.2, 0) is 21.2 Å². The zero-order chi connectivity index (χ0) is 16.0. The third kappa shape index (κ3) is 5.26. The number of sulfonamides is 1. The van der Waals surface area contributed by atoms with Gasteiger partial charge in [0.15, 0.2) is 0 Å². The Kier molecular flexibility index (Phi) is 6.22. The molecule has 0 aliphatic carbocycles. The van der Waals surface area contributed by atoms with E-state index in [1.54, 1.807) is 11.8 Å². The second kappa shape index (κ2) is 7.94. The molecule has 0 spiro atoms. The summed E-state index contributed by atoms with van der Waals surface area (Å²) in [5.74, 6) is 0.921. The number of amides is 1. The minimum atomic E-state index is -3.30. The average molecular weight is 346 g/mol. The molecule has 1 aliphatic rings. The van der Waals surface area contributed by atoms with Crippen molar-refractivity contribution in [1.29, 1.82) is 0 Å². The van der Waals surface area contributed by atoms with Gasteiger partial charge >= 0.3 is 0 Å². The summed E-state index contributed by atoms with van der Waals surface area (Å²) in [5, 5.41) is 2.60. The molecule has 8 heteroatoms. The van der Waals surface area contributed by atoms with Gasteiger partial charge in [-0.2, -0.15) is 11.8 Å². The lowest BCUT2D eigenvalue weighted by Gasteiger charge is -2.25. The molecule has 1 heterocycles. The zero-order valence-corrected chi connectivity index (χ0v) is 13.8. The predicted molar refractivity (Wildman–Crippen MR) is 85.8 cm³/mol. The molecule has 0 atom stereocenters. The summed E-state index contributed by atoms with van der Waals surface area (Å²) in [7, 11) is -3.30. The lowest BCUT2D eigenvalue weighted by atomic mass is 10.1. The van der Waals surface area contributed by atoms with Gasteiger partial charge in [-0.1, -0.05) is 12.1 Å². The zero-order valence-electron chi connectivity index (χ0n) is 12.1. The Morgan fingerprint density at radius 2 is 1.86 bits per heavy atom. The molecule has 1 N–H and O–H groups in total. The Morgan fingerprint density at radius 3 is 2.50 bits per heavy atom. The fourth-order valence-electron chi connectivity index (χ4n) is 2.12. The number of hydrogen-bond acceptors (Lipinski definition) is 4. The van der Waals surface area contributed by atoms with Crippen LogP contribution in [-0.4, -0.2) is 55.5 Å². The van der Waals surface area contributed by atoms with E-state index in [1.165, 1.54) is 28.6 Å². The summed E-state index contributed by atoms with van der Waals surface area (Å²) in [5.41, 5.74) is 0.690. The van der Waals surface area contributed by atoms with Crippen molar-refractivity contribution in [1.82, 2.24) is 9.62 Å². The van der Waals surface area contributed by atoms with Crippen molar-refractivity contribution in [3.05, 3.63) is 35.6 Å². The fourth-order valence-corrected chi connectivity index (χ4v) is 4.61. The molecule has 0 bridgehead atoms. The van der Waals surface area contributed by atoms with Gasteiger partial charge in [-0.3, -0.25) is 4.79 Å². The van der Waals surface area contributed by atoms with Crippen LogP contribution >= 0.6 is 11.8 Å². The minimum Gasteiger partial charge on any atom is -0.355 e. The second-order valence-corrected chi connectivity index (χ2v) is 8.29. The van der Waals surface area contributed by atoms with Crippen LogP contribution in [0.2, 0.25) is 0 Å². The van der Waals surface area contributed by atoms with E-state index in [2.05, 4.69) is 5.32 Å². The van der Waals surface area contributed by atoms with Crippen LogP contribution in [0.5, 0.6) is 0 Å². The molecule has 5 nitrogen and oxygen atoms in total. The Morgan fingerprint density at radius 1 is 1.23 bits per heavy atom. The van der Waals surface area contributed by atoms with Gasteiger partial charge < -0.3 is 5.32 Å². The third-order valence-corrected chi connectivity index (χ3v) is 6.14. The second-order valence-electron chi connectivity index (χ2n) is 4.98. The first-order valence-corrected chi connectivity index (χ1v) is 9.80. The number of halogens is 1. The first kappa shape index (κ1) is 17.2. The summed E-state index contributed by atoms with van der Waals surface area (Å²) in [6, 6.07) is 5.66. The molecular weight excluding hydrogens is 327 g/mol. The fraction of sp³-hybridized carbons (Fsp3) is 0.500. The maximum Gasteiger partial charge on any atom is 0.224 e. The lowest BCUT2D eigenvalue weighted by molar-refractivity contribution is -0.120. The highest BCUT2D eigenvalue weighted by atomic mass is 32.2. The van der Waals surface area contributed by atoms with E-state index in [1.807, 2.05) is 0 Å². The Balaban J connectivity index is 1.75. The van der Waals surface area contributed by atoms with E-state index < -0.39 is 10.0 Å². The minimum absolute atomic E-state index is 0.0893. The Labute approximate surface area is 134 Å². The number of nitrogens with one attached hydrogen (secondary N) is 1. The van der Waals surface area contributed by atoms with Crippen LogP contribution in [0, 0.1) is 5.82 Å². The molecule has 122 valence electrons. The normalized spacial score (nSPS) is 16.4. The highest BCUT2D eigenvalue weighted by molar-refractivity contribution is 7.99. The quantitative estimate of drug-likeness (QED) is 0.830. The lowest BCUT2D eigenvalue weighted by Crippen LogP contribution is -2.42. The summed E-state index contributed by atoms with van der Waals surface area (Å²) in [4.78, 5) is 11.7. The van der Waals surface area contributed by atoms with Crippen LogP contribution in [0.25, 0.3) is 0 Å². The Bertz CT molecular complexity index is 599. The number of carbonyl (C=O) groups is 1. The molecule has 1 fully saturated rings. The predicted octanol–water partition coefficient (Wildman–Crippen LogP) is 0.863. The van der Waals surface area contributed by atoms with Gasteiger partial charge in [-0.15, -0.1) is 0 Å². The largest absolute Gasteiger partial charge is 0.355 e. The number of benzene rings is 1. The number of thioether (sulfide) groups is 1. The van der Waals surface area contributed by atoms with E-state index >= 15 is 0 Å². The molecular formula is C14H19FN2O3S2. The van der Waals surface area contributed by atoms with Crippen LogP contribution < -0.4 is 5.32 Å². The molecule has 1 aromatic rings. The van der Waals surface area contributed by atoms with E-state index in [4.69, 9.17) is 0 Å². The summed E-state index contributed by atoms with van der Waals surface area (Å²) in [6.45, 7) is 1.17. The molecule has 22 heavy (non-hydrogen) atoms. The molecule has 1 aliphatic heterocycles. The van der Waals surface area contributed by atoms with Gasteiger partial charge in [0.1, 0.15) is 5.82 Å². The summed E-state index contributed by atoms with van der Waals surface area (Å²) < 4.78 is 38.4. The van der Waals surface area contributed by atoms with Crippen molar-refractivity contribution in [2.45, 2.75) is 6.42 Å². The van der Waals surface area contributed by atoms with Gasteiger partial charge in [0.05, 0.1) is 12.2 Å². The smallest absolute Gasteiger partial charge is 0.224 e. The molecule has 0 unspecified atom stereocenters. The topological polar surface area (TPSA) is 66.5 Å². The van der Waals surface area contributed by atoms with Crippen molar-refractivity contribution in [2.75, 3.05) is 36.9 Å². The van der Waals surface area contributed by atoms with Gasteiger partial charge in [-0.05, 0) is 17.7 Å². The number of hydrogen-bond donors (Lipinski definition) is 1. The SMILES string of the molecule is O=C(Cc1ccc(F)cc1)NCCS(=O)(=O)N1CCSCC1. The van der Waals surface area contributed by atoms with E-state index in [0.717, 1.165) is 11.5 Å². The van der Waals surface area contributed by atoms with Gasteiger partial charge in [-0.25, -0.2) is 17.1 Å². The molecule has 1 saturated heterocycles. The van der Waals surface area contributed by atoms with Gasteiger partial charge in [0, 0.05) is 31.1 Å². The molecule has 2 rings (SSSR count). The van der Waals surface area contributed by atoms with Crippen molar-refractivity contribution < 1.29 is 17.6 Å². The van der Waals surface area contributed by atoms with Crippen molar-refractivity contribution in [3.63, 3.8) is 0 Å². The Hall–Kier alpha value is -1.12. The van der Waals surface area contributed by atoms with Gasteiger partial charge in [0.25, 0.3) is 0 Å². The monoisotopic (exact) mass is 346 g/mol. The molecule has 1 aromatic carbocycles. The number of carbonyl (C=O) groups excluding carboxylic acids is 1. The van der Waals surface area contributed by atoms with E-state index in [-0.39, 0.29) is 30.4 Å². The number of nitrogens with zero attached hydrogens (tertiary/aromatic N) is 1. The first-order valence-electron chi connectivity index (χ1n) is 7.04. The average Bonchev–Trinajstić information content (AvgIpc) is 2.50. The van der Waals surface area contributed by atoms with Gasteiger partial charge in [0.2, 0.25) is 15.9 Å². The van der Waals surface area contributed by atoms with Crippen LogP contribution in [0.15, 0.2) is 24.3 Å². The molecule has 0 radical (unpaired) electrons. The molecule has 0 aromatic heterocycles. The highest BCUT2D eigenvalue weighted by Crippen LogP contribution is 2.13. The van der Waals surface area contributed by atoms with Crippen molar-refractivity contribution >= 4 is 27.7 Å². The maximum atomic E-state index is 12.8. The standard InChI is InChI=1S/C14H19FN2O3S2/c15-13-3-1-12(2-4-13)11-14(18)16-5-10-22(19,20)17-6-8-21-9-7-17/h1-4H,5-11H2,(H,16,18).